The number of halogens is 1. The molecule has 1 fully saturated rings. The van der Waals surface area contributed by atoms with Gasteiger partial charge in [-0.25, -0.2) is 17.5 Å². The van der Waals surface area contributed by atoms with Crippen molar-refractivity contribution < 1.29 is 22.7 Å². The van der Waals surface area contributed by atoms with Gasteiger partial charge in [0.2, 0.25) is 10.0 Å². The van der Waals surface area contributed by atoms with E-state index in [0.717, 1.165) is 18.9 Å². The third kappa shape index (κ3) is 3.59. The Hall–Kier alpha value is -1.47. The summed E-state index contributed by atoms with van der Waals surface area (Å²) in [6.45, 7) is 1.57. The van der Waals surface area contributed by atoms with Crippen LogP contribution in [0, 0.1) is 18.7 Å². The van der Waals surface area contributed by atoms with Gasteiger partial charge >= 0.3 is 5.97 Å². The molecule has 5 nitrogen and oxygen atoms in total. The zero-order valence-corrected chi connectivity index (χ0v) is 12.5. The highest BCUT2D eigenvalue weighted by molar-refractivity contribution is 7.89. The van der Waals surface area contributed by atoms with E-state index >= 15 is 0 Å². The van der Waals surface area contributed by atoms with Gasteiger partial charge in [0.05, 0.1) is 10.8 Å². The van der Waals surface area contributed by atoms with Gasteiger partial charge in [-0.15, -0.1) is 0 Å². The first-order valence-corrected chi connectivity index (χ1v) is 8.31. The van der Waals surface area contributed by atoms with Crippen molar-refractivity contribution in [2.75, 3.05) is 0 Å². The molecule has 7 heteroatoms. The summed E-state index contributed by atoms with van der Waals surface area (Å²) in [5.41, 5.74) is 0.423. The van der Waals surface area contributed by atoms with E-state index in [-0.39, 0.29) is 4.90 Å². The van der Waals surface area contributed by atoms with Crippen molar-refractivity contribution in [3.05, 3.63) is 29.6 Å². The molecule has 0 amide bonds. The smallest absolute Gasteiger partial charge is 0.308 e. The number of carboxylic acid groups (broad SMARTS) is 1. The van der Waals surface area contributed by atoms with Crippen LogP contribution in [0.1, 0.15) is 31.2 Å². The molecule has 2 atom stereocenters. The largest absolute Gasteiger partial charge is 0.481 e. The van der Waals surface area contributed by atoms with E-state index in [1.165, 1.54) is 12.1 Å². The van der Waals surface area contributed by atoms with Crippen LogP contribution in [0.2, 0.25) is 0 Å². The van der Waals surface area contributed by atoms with Crippen molar-refractivity contribution >= 4 is 16.0 Å². The third-order valence-corrected chi connectivity index (χ3v) is 5.46. The van der Waals surface area contributed by atoms with Crippen molar-refractivity contribution in [2.45, 2.75) is 43.5 Å². The molecule has 1 aromatic rings. The van der Waals surface area contributed by atoms with Crippen molar-refractivity contribution in [1.82, 2.24) is 4.72 Å². The molecule has 2 unspecified atom stereocenters. The summed E-state index contributed by atoms with van der Waals surface area (Å²) in [6.07, 6.45) is 2.47. The summed E-state index contributed by atoms with van der Waals surface area (Å²) in [5.74, 6) is -2.37. The Balaban J connectivity index is 2.27. The van der Waals surface area contributed by atoms with E-state index < -0.39 is 33.8 Å². The molecule has 1 aliphatic carbocycles. The number of rotatable bonds is 4. The molecule has 0 heterocycles. The number of aryl methyl sites for hydroxylation is 1. The summed E-state index contributed by atoms with van der Waals surface area (Å²) < 4.78 is 40.5. The Bertz CT molecular complexity index is 644. The molecule has 2 N–H and O–H groups in total. The highest BCUT2D eigenvalue weighted by Gasteiger charge is 2.34. The molecule has 116 valence electrons. The molecule has 0 saturated heterocycles. The second-order valence-corrected chi connectivity index (χ2v) is 7.05. The molecule has 1 aromatic carbocycles. The summed E-state index contributed by atoms with van der Waals surface area (Å²) in [4.78, 5) is 11.1. The molecule has 0 bridgehead atoms. The van der Waals surface area contributed by atoms with Crippen LogP contribution in [0.5, 0.6) is 0 Å². The predicted octanol–water partition coefficient (Wildman–Crippen LogP) is 2.06. The minimum absolute atomic E-state index is 0.141. The second kappa shape index (κ2) is 6.11. The maximum absolute atomic E-state index is 13.3. The van der Waals surface area contributed by atoms with Gasteiger partial charge in [0.25, 0.3) is 0 Å². The van der Waals surface area contributed by atoms with Crippen LogP contribution >= 0.6 is 0 Å². The first kappa shape index (κ1) is 15.9. The molecule has 2 rings (SSSR count). The van der Waals surface area contributed by atoms with Gasteiger partial charge in [0.15, 0.2) is 0 Å². The van der Waals surface area contributed by atoms with Gasteiger partial charge in [0, 0.05) is 6.04 Å². The van der Waals surface area contributed by atoms with E-state index in [1.807, 2.05) is 0 Å². The summed E-state index contributed by atoms with van der Waals surface area (Å²) in [7, 11) is -3.93. The van der Waals surface area contributed by atoms with Crippen LogP contribution in [0.3, 0.4) is 0 Å². The molecule has 1 aliphatic rings. The molecule has 0 spiro atoms. The number of aliphatic carboxylic acids is 1. The summed E-state index contributed by atoms with van der Waals surface area (Å²) >= 11 is 0. The molecule has 1 saturated carbocycles. The number of hydrogen-bond acceptors (Lipinski definition) is 3. The van der Waals surface area contributed by atoms with Crippen LogP contribution in [0.15, 0.2) is 23.1 Å². The quantitative estimate of drug-likeness (QED) is 0.891. The average molecular weight is 315 g/mol. The Kier molecular flexibility index (Phi) is 4.63. The first-order valence-electron chi connectivity index (χ1n) is 6.82. The predicted molar refractivity (Wildman–Crippen MR) is 74.8 cm³/mol. The first-order chi connectivity index (χ1) is 9.81. The SMILES string of the molecule is Cc1ccc(F)cc1S(=O)(=O)NC1CCCCC1C(=O)O. The van der Waals surface area contributed by atoms with Crippen LogP contribution in [-0.4, -0.2) is 25.5 Å². The zero-order valence-electron chi connectivity index (χ0n) is 11.7. The number of carbonyl (C=O) groups is 1. The Labute approximate surface area is 123 Å². The van der Waals surface area contributed by atoms with Crippen LogP contribution in [0.25, 0.3) is 0 Å². The van der Waals surface area contributed by atoms with Crippen molar-refractivity contribution in [3.63, 3.8) is 0 Å². The number of carboxylic acids is 1. The fourth-order valence-corrected chi connectivity index (χ4v) is 4.26. The van der Waals surface area contributed by atoms with Crippen LogP contribution < -0.4 is 4.72 Å². The fraction of sp³-hybridized carbons (Fsp3) is 0.500. The molecule has 0 aliphatic heterocycles. The van der Waals surface area contributed by atoms with E-state index in [4.69, 9.17) is 0 Å². The fourth-order valence-electron chi connectivity index (χ4n) is 2.69. The van der Waals surface area contributed by atoms with Crippen molar-refractivity contribution in [2.24, 2.45) is 5.92 Å². The van der Waals surface area contributed by atoms with Gasteiger partial charge in [-0.2, -0.15) is 0 Å². The Morgan fingerprint density at radius 1 is 1.33 bits per heavy atom. The van der Waals surface area contributed by atoms with Gasteiger partial charge < -0.3 is 5.11 Å². The van der Waals surface area contributed by atoms with E-state index in [0.29, 0.717) is 18.4 Å². The van der Waals surface area contributed by atoms with Gasteiger partial charge in [-0.05, 0) is 37.5 Å². The van der Waals surface area contributed by atoms with Gasteiger partial charge in [0.1, 0.15) is 5.82 Å². The van der Waals surface area contributed by atoms with Crippen LogP contribution in [0.4, 0.5) is 4.39 Å². The number of hydrogen-bond donors (Lipinski definition) is 2. The van der Waals surface area contributed by atoms with Crippen molar-refractivity contribution in [1.29, 1.82) is 0 Å². The molecule has 0 aromatic heterocycles. The minimum atomic E-state index is -3.93. The molecule has 21 heavy (non-hydrogen) atoms. The lowest BCUT2D eigenvalue weighted by Gasteiger charge is -2.29. The number of benzene rings is 1. The van der Waals surface area contributed by atoms with Gasteiger partial charge in [-0.3, -0.25) is 4.79 Å². The Morgan fingerprint density at radius 3 is 2.67 bits per heavy atom. The zero-order chi connectivity index (χ0) is 15.6. The maximum atomic E-state index is 13.3. The maximum Gasteiger partial charge on any atom is 0.308 e. The lowest BCUT2D eigenvalue weighted by Crippen LogP contribution is -2.45. The molecular formula is C14H18FNO4S. The van der Waals surface area contributed by atoms with Gasteiger partial charge in [-0.1, -0.05) is 18.9 Å². The standard InChI is InChI=1S/C14H18FNO4S/c1-9-6-7-10(15)8-13(9)21(19,20)16-12-5-3-2-4-11(12)14(17)18/h6-8,11-12,16H,2-5H2,1H3,(H,17,18). The highest BCUT2D eigenvalue weighted by Crippen LogP contribution is 2.27. The second-order valence-electron chi connectivity index (χ2n) is 5.37. The minimum Gasteiger partial charge on any atom is -0.481 e. The summed E-state index contributed by atoms with van der Waals surface area (Å²) in [6, 6.07) is 2.88. The monoisotopic (exact) mass is 315 g/mol. The number of nitrogens with one attached hydrogen (secondary N) is 1. The third-order valence-electron chi connectivity index (χ3n) is 3.83. The molecule has 0 radical (unpaired) electrons. The van der Waals surface area contributed by atoms with Crippen LogP contribution in [-0.2, 0) is 14.8 Å². The highest BCUT2D eigenvalue weighted by atomic mass is 32.2. The average Bonchev–Trinajstić information content (AvgIpc) is 2.41. The topological polar surface area (TPSA) is 83.5 Å². The normalized spacial score (nSPS) is 23.0. The lowest BCUT2D eigenvalue weighted by atomic mass is 9.85. The van der Waals surface area contributed by atoms with E-state index in [9.17, 15) is 22.7 Å². The lowest BCUT2D eigenvalue weighted by molar-refractivity contribution is -0.143. The number of sulfonamides is 1. The van der Waals surface area contributed by atoms with E-state index in [2.05, 4.69) is 4.72 Å². The summed E-state index contributed by atoms with van der Waals surface area (Å²) in [5, 5.41) is 9.18. The van der Waals surface area contributed by atoms with Crippen molar-refractivity contribution in [3.8, 4) is 0 Å². The molecular weight excluding hydrogens is 297 g/mol. The Morgan fingerprint density at radius 2 is 2.00 bits per heavy atom. The van der Waals surface area contributed by atoms with E-state index in [1.54, 1.807) is 6.92 Å².